The minimum atomic E-state index is -0.323. The molecule has 0 aromatic carbocycles. The fourth-order valence-corrected chi connectivity index (χ4v) is 3.54. The van der Waals surface area contributed by atoms with E-state index >= 15 is 0 Å². The molecule has 1 atom stereocenters. The lowest BCUT2D eigenvalue weighted by molar-refractivity contribution is -0.145. The average Bonchev–Trinajstić information content (AvgIpc) is 2.94. The summed E-state index contributed by atoms with van der Waals surface area (Å²) in [5.74, 6) is 0.880. The summed E-state index contributed by atoms with van der Waals surface area (Å²) in [4.78, 5) is 35.0. The highest BCUT2D eigenvalue weighted by Gasteiger charge is 2.48. The first kappa shape index (κ1) is 15.0. The molecular weight excluding hydrogens is 284 g/mol. The molecule has 0 saturated carbocycles. The van der Waals surface area contributed by atoms with Crippen molar-refractivity contribution in [1.29, 1.82) is 0 Å². The van der Waals surface area contributed by atoms with Gasteiger partial charge in [-0.05, 0) is 19.3 Å². The summed E-state index contributed by atoms with van der Waals surface area (Å²) in [6, 6.07) is 1.50. The van der Waals surface area contributed by atoms with Gasteiger partial charge >= 0.3 is 0 Å². The van der Waals surface area contributed by atoms with Gasteiger partial charge in [-0.3, -0.25) is 9.59 Å². The number of likely N-dealkylation sites (tertiary alicyclic amines) is 1. The van der Waals surface area contributed by atoms with Crippen molar-refractivity contribution < 1.29 is 9.53 Å². The molecule has 1 N–H and O–H groups in total. The van der Waals surface area contributed by atoms with Gasteiger partial charge in [-0.25, -0.2) is 4.98 Å². The molecule has 2 saturated heterocycles. The van der Waals surface area contributed by atoms with Gasteiger partial charge in [-0.2, -0.15) is 0 Å². The SMILES string of the molecule is COCCN1CCCC2(CCN(c3cc(=O)[nH]cn3)C2)C1=O. The van der Waals surface area contributed by atoms with Crippen LogP contribution in [0.2, 0.25) is 0 Å². The van der Waals surface area contributed by atoms with Crippen LogP contribution >= 0.6 is 0 Å². The minimum absolute atomic E-state index is 0.164. The Kier molecular flexibility index (Phi) is 4.15. The summed E-state index contributed by atoms with van der Waals surface area (Å²) in [5.41, 5.74) is -0.487. The van der Waals surface area contributed by atoms with Gasteiger partial charge in [0.2, 0.25) is 5.91 Å². The lowest BCUT2D eigenvalue weighted by Crippen LogP contribution is -2.51. The molecule has 22 heavy (non-hydrogen) atoms. The molecule has 2 fully saturated rings. The molecule has 7 nitrogen and oxygen atoms in total. The first-order valence-electron chi connectivity index (χ1n) is 7.73. The Morgan fingerprint density at radius 2 is 2.23 bits per heavy atom. The van der Waals surface area contributed by atoms with Crippen LogP contribution in [0, 0.1) is 5.41 Å². The van der Waals surface area contributed by atoms with Gasteiger partial charge in [0.15, 0.2) is 0 Å². The molecule has 1 spiro atoms. The fraction of sp³-hybridized carbons (Fsp3) is 0.667. The highest BCUT2D eigenvalue weighted by Crippen LogP contribution is 2.40. The van der Waals surface area contributed by atoms with Crippen molar-refractivity contribution in [3.63, 3.8) is 0 Å². The predicted octanol–water partition coefficient (Wildman–Crippen LogP) is 0.235. The number of carbonyl (C=O) groups excluding carboxylic acids is 1. The average molecular weight is 306 g/mol. The highest BCUT2D eigenvalue weighted by atomic mass is 16.5. The van der Waals surface area contributed by atoms with Crippen molar-refractivity contribution >= 4 is 11.7 Å². The van der Waals surface area contributed by atoms with Crippen LogP contribution in [0.15, 0.2) is 17.2 Å². The van der Waals surface area contributed by atoms with Crippen LogP contribution in [0.5, 0.6) is 0 Å². The van der Waals surface area contributed by atoms with Crippen LogP contribution in [0.3, 0.4) is 0 Å². The van der Waals surface area contributed by atoms with Crippen molar-refractivity contribution in [2.45, 2.75) is 19.3 Å². The van der Waals surface area contributed by atoms with Crippen molar-refractivity contribution in [2.24, 2.45) is 5.41 Å². The number of rotatable bonds is 4. The third-order valence-corrected chi connectivity index (χ3v) is 4.73. The molecule has 120 valence electrons. The molecular formula is C15H22N4O3. The van der Waals surface area contributed by atoms with E-state index in [-0.39, 0.29) is 16.9 Å². The maximum absolute atomic E-state index is 12.9. The number of hydrogen-bond donors (Lipinski definition) is 1. The quantitative estimate of drug-likeness (QED) is 0.862. The van der Waals surface area contributed by atoms with E-state index in [9.17, 15) is 9.59 Å². The van der Waals surface area contributed by atoms with E-state index in [0.717, 1.165) is 32.4 Å². The molecule has 1 unspecified atom stereocenters. The van der Waals surface area contributed by atoms with Crippen LogP contribution in [-0.4, -0.2) is 60.7 Å². The monoisotopic (exact) mass is 306 g/mol. The van der Waals surface area contributed by atoms with Crippen LogP contribution in [-0.2, 0) is 9.53 Å². The van der Waals surface area contributed by atoms with Crippen molar-refractivity contribution in [2.75, 3.05) is 44.8 Å². The second-order valence-electron chi connectivity index (χ2n) is 6.11. The molecule has 3 rings (SSSR count). The number of ether oxygens (including phenoxy) is 1. The second-order valence-corrected chi connectivity index (χ2v) is 6.11. The maximum atomic E-state index is 12.9. The van der Waals surface area contributed by atoms with Gasteiger partial charge in [0.05, 0.1) is 18.3 Å². The smallest absolute Gasteiger partial charge is 0.252 e. The van der Waals surface area contributed by atoms with E-state index in [0.29, 0.717) is 25.5 Å². The number of aromatic amines is 1. The first-order valence-corrected chi connectivity index (χ1v) is 7.73. The molecule has 1 amide bonds. The van der Waals surface area contributed by atoms with Gasteiger partial charge < -0.3 is 19.5 Å². The van der Waals surface area contributed by atoms with Gasteiger partial charge in [-0.1, -0.05) is 0 Å². The summed E-state index contributed by atoms with van der Waals surface area (Å²) in [6.45, 7) is 3.45. The largest absolute Gasteiger partial charge is 0.383 e. The lowest BCUT2D eigenvalue weighted by atomic mass is 9.78. The van der Waals surface area contributed by atoms with E-state index in [4.69, 9.17) is 4.74 Å². The standard InChI is InChI=1S/C15H22N4O3/c1-22-8-7-18-5-2-3-15(14(18)21)4-6-19(10-15)12-9-13(20)17-11-16-12/h9,11H,2-8,10H2,1H3,(H,16,17,20). The molecule has 0 radical (unpaired) electrons. The molecule has 0 bridgehead atoms. The normalized spacial score (nSPS) is 25.2. The summed E-state index contributed by atoms with van der Waals surface area (Å²) >= 11 is 0. The molecule has 2 aliphatic rings. The summed E-state index contributed by atoms with van der Waals surface area (Å²) in [7, 11) is 1.65. The van der Waals surface area contributed by atoms with Crippen molar-refractivity contribution in [1.82, 2.24) is 14.9 Å². The predicted molar refractivity (Wildman–Crippen MR) is 81.8 cm³/mol. The van der Waals surface area contributed by atoms with E-state index < -0.39 is 0 Å². The summed E-state index contributed by atoms with van der Waals surface area (Å²) < 4.78 is 5.10. The Morgan fingerprint density at radius 3 is 3.00 bits per heavy atom. The zero-order valence-corrected chi connectivity index (χ0v) is 12.9. The Bertz CT molecular complexity index is 602. The molecule has 3 heterocycles. The first-order chi connectivity index (χ1) is 10.6. The highest BCUT2D eigenvalue weighted by molar-refractivity contribution is 5.85. The van der Waals surface area contributed by atoms with Gasteiger partial charge in [0.25, 0.3) is 5.56 Å². The van der Waals surface area contributed by atoms with Gasteiger partial charge in [0.1, 0.15) is 5.82 Å². The number of piperidine rings is 1. The number of nitrogens with zero attached hydrogens (tertiary/aromatic N) is 3. The third-order valence-electron chi connectivity index (χ3n) is 4.73. The van der Waals surface area contributed by atoms with Gasteiger partial charge in [-0.15, -0.1) is 0 Å². The molecule has 7 heteroatoms. The van der Waals surface area contributed by atoms with E-state index in [2.05, 4.69) is 9.97 Å². The summed E-state index contributed by atoms with van der Waals surface area (Å²) in [5, 5.41) is 0. The number of nitrogens with one attached hydrogen (secondary N) is 1. The number of amides is 1. The van der Waals surface area contributed by atoms with E-state index in [1.165, 1.54) is 12.4 Å². The number of anilines is 1. The van der Waals surface area contributed by atoms with Crippen molar-refractivity contribution in [3.8, 4) is 0 Å². The fourth-order valence-electron chi connectivity index (χ4n) is 3.54. The molecule has 2 aliphatic heterocycles. The van der Waals surface area contributed by atoms with Crippen LogP contribution in [0.1, 0.15) is 19.3 Å². The van der Waals surface area contributed by atoms with E-state index in [1.54, 1.807) is 7.11 Å². The number of H-pyrrole nitrogens is 1. The summed E-state index contributed by atoms with van der Waals surface area (Å²) in [6.07, 6.45) is 4.17. The van der Waals surface area contributed by atoms with Crippen molar-refractivity contribution in [3.05, 3.63) is 22.7 Å². The number of hydrogen-bond acceptors (Lipinski definition) is 5. The Morgan fingerprint density at radius 1 is 1.36 bits per heavy atom. The molecule has 1 aromatic rings. The Labute approximate surface area is 129 Å². The Hall–Kier alpha value is -1.89. The topological polar surface area (TPSA) is 78.5 Å². The van der Waals surface area contributed by atoms with Crippen LogP contribution in [0.25, 0.3) is 0 Å². The van der Waals surface area contributed by atoms with Gasteiger partial charge in [0, 0.05) is 39.4 Å². The zero-order valence-electron chi connectivity index (χ0n) is 12.9. The van der Waals surface area contributed by atoms with Crippen LogP contribution in [0.4, 0.5) is 5.82 Å². The second kappa shape index (κ2) is 6.08. The van der Waals surface area contributed by atoms with E-state index in [1.807, 2.05) is 9.80 Å². The molecule has 0 aliphatic carbocycles. The maximum Gasteiger partial charge on any atom is 0.252 e. The minimum Gasteiger partial charge on any atom is -0.383 e. The number of methoxy groups -OCH3 is 1. The molecule has 1 aromatic heterocycles. The zero-order chi connectivity index (χ0) is 15.6. The lowest BCUT2D eigenvalue weighted by Gasteiger charge is -2.39. The number of carbonyl (C=O) groups is 1. The van der Waals surface area contributed by atoms with Crippen LogP contribution < -0.4 is 10.5 Å². The number of aromatic nitrogens is 2. The third kappa shape index (κ3) is 2.72. The Balaban J connectivity index is 1.74.